The highest BCUT2D eigenvalue weighted by Crippen LogP contribution is 2.27. The summed E-state index contributed by atoms with van der Waals surface area (Å²) in [5.41, 5.74) is 6.37. The molecule has 2 N–H and O–H groups in total. The minimum absolute atomic E-state index is 0.152. The number of carbonyl (C=O) groups is 1. The van der Waals surface area contributed by atoms with Gasteiger partial charge in [-0.2, -0.15) is 0 Å². The molecule has 2 unspecified atom stereocenters. The van der Waals surface area contributed by atoms with E-state index >= 15 is 0 Å². The lowest BCUT2D eigenvalue weighted by molar-refractivity contribution is -0.132. The summed E-state index contributed by atoms with van der Waals surface area (Å²) in [6, 6.07) is 0.391. The Morgan fingerprint density at radius 1 is 1.56 bits per heavy atom. The molecule has 1 aliphatic carbocycles. The summed E-state index contributed by atoms with van der Waals surface area (Å²) in [6.07, 6.45) is 5.25. The first-order chi connectivity index (χ1) is 8.58. The van der Waals surface area contributed by atoms with Crippen molar-refractivity contribution in [2.75, 3.05) is 12.8 Å². The maximum absolute atomic E-state index is 12.2. The zero-order valence-corrected chi connectivity index (χ0v) is 11.9. The summed E-state index contributed by atoms with van der Waals surface area (Å²) in [5.74, 6) is 0.757. The number of rotatable bonds is 3. The number of hydrogen-bond donors (Lipinski definition) is 1. The van der Waals surface area contributed by atoms with Crippen molar-refractivity contribution in [3.63, 3.8) is 0 Å². The normalized spacial score (nSPS) is 23.9. The summed E-state index contributed by atoms with van der Waals surface area (Å²) >= 11 is 1.39. The van der Waals surface area contributed by atoms with Crippen LogP contribution in [0.5, 0.6) is 0 Å². The number of anilines is 1. The number of amides is 1. The number of carbonyl (C=O) groups excluding carboxylic acids is 1. The molecule has 1 saturated carbocycles. The summed E-state index contributed by atoms with van der Waals surface area (Å²) in [5, 5.41) is 2.40. The lowest BCUT2D eigenvalue weighted by Crippen LogP contribution is -2.43. The van der Waals surface area contributed by atoms with Gasteiger partial charge >= 0.3 is 0 Å². The molecule has 100 valence electrons. The van der Waals surface area contributed by atoms with Crippen LogP contribution in [-0.2, 0) is 11.2 Å². The molecule has 0 saturated heterocycles. The van der Waals surface area contributed by atoms with Gasteiger partial charge in [0.25, 0.3) is 0 Å². The highest BCUT2D eigenvalue weighted by atomic mass is 32.1. The van der Waals surface area contributed by atoms with Crippen LogP contribution in [-0.4, -0.2) is 28.9 Å². The Balaban J connectivity index is 1.95. The monoisotopic (exact) mass is 267 g/mol. The van der Waals surface area contributed by atoms with Crippen molar-refractivity contribution in [3.05, 3.63) is 11.1 Å². The van der Waals surface area contributed by atoms with Crippen LogP contribution in [0.25, 0.3) is 0 Å². The number of likely N-dealkylation sites (N-methyl/N-ethyl adjacent to an activating group) is 1. The summed E-state index contributed by atoms with van der Waals surface area (Å²) in [6.45, 7) is 2.24. The molecule has 5 heteroatoms. The van der Waals surface area contributed by atoms with Crippen molar-refractivity contribution in [2.45, 2.75) is 45.1 Å². The molecule has 0 aliphatic heterocycles. The van der Waals surface area contributed by atoms with Gasteiger partial charge in [0.15, 0.2) is 5.13 Å². The predicted octanol–water partition coefficient (Wildman–Crippen LogP) is 2.30. The molecule has 2 atom stereocenters. The van der Waals surface area contributed by atoms with E-state index in [1.807, 2.05) is 17.3 Å². The molecule has 0 spiro atoms. The van der Waals surface area contributed by atoms with Crippen LogP contribution in [0.3, 0.4) is 0 Å². The molecule has 0 bridgehead atoms. The van der Waals surface area contributed by atoms with Gasteiger partial charge in [0.2, 0.25) is 5.91 Å². The molecule has 1 amide bonds. The Morgan fingerprint density at radius 2 is 2.28 bits per heavy atom. The van der Waals surface area contributed by atoms with Crippen LogP contribution in [0.15, 0.2) is 5.38 Å². The second kappa shape index (κ2) is 5.69. The molecular weight excluding hydrogens is 246 g/mol. The molecule has 1 aromatic rings. The summed E-state index contributed by atoms with van der Waals surface area (Å²) in [4.78, 5) is 18.3. The van der Waals surface area contributed by atoms with Gasteiger partial charge in [-0.05, 0) is 18.8 Å². The standard InChI is InChI=1S/C13H21N3OS/c1-9-5-3-4-6-11(9)16(2)12(17)7-10-8-18-13(14)15-10/h8-9,11H,3-7H2,1-2H3,(H2,14,15). The molecule has 1 heterocycles. The quantitative estimate of drug-likeness (QED) is 0.914. The van der Waals surface area contributed by atoms with Crippen molar-refractivity contribution < 1.29 is 4.79 Å². The van der Waals surface area contributed by atoms with Gasteiger partial charge in [0.1, 0.15) is 0 Å². The van der Waals surface area contributed by atoms with E-state index in [4.69, 9.17) is 5.73 Å². The highest BCUT2D eigenvalue weighted by molar-refractivity contribution is 7.13. The van der Waals surface area contributed by atoms with Crippen LogP contribution < -0.4 is 5.73 Å². The van der Waals surface area contributed by atoms with Crippen LogP contribution >= 0.6 is 11.3 Å². The van der Waals surface area contributed by atoms with Gasteiger partial charge in [0, 0.05) is 18.5 Å². The number of nitrogens with two attached hydrogens (primary N) is 1. The molecular formula is C13H21N3OS. The fraction of sp³-hybridized carbons (Fsp3) is 0.692. The minimum atomic E-state index is 0.152. The van der Waals surface area contributed by atoms with Gasteiger partial charge in [-0.1, -0.05) is 19.8 Å². The molecule has 1 fully saturated rings. The number of nitrogens with zero attached hydrogens (tertiary/aromatic N) is 2. The Hall–Kier alpha value is -1.10. The topological polar surface area (TPSA) is 59.2 Å². The fourth-order valence-electron chi connectivity index (χ4n) is 2.74. The largest absolute Gasteiger partial charge is 0.375 e. The third-order valence-corrected chi connectivity index (χ3v) is 4.58. The minimum Gasteiger partial charge on any atom is -0.375 e. The Labute approximate surface area is 112 Å². The average Bonchev–Trinajstić information content (AvgIpc) is 2.74. The second-order valence-electron chi connectivity index (χ2n) is 5.19. The fourth-order valence-corrected chi connectivity index (χ4v) is 3.30. The summed E-state index contributed by atoms with van der Waals surface area (Å²) in [7, 11) is 1.92. The average molecular weight is 267 g/mol. The van der Waals surface area contributed by atoms with Crippen LogP contribution in [0.1, 0.15) is 38.3 Å². The Kier molecular flexibility index (Phi) is 4.22. The number of thiazole rings is 1. The van der Waals surface area contributed by atoms with E-state index in [1.165, 1.54) is 30.6 Å². The van der Waals surface area contributed by atoms with Crippen molar-refractivity contribution in [1.82, 2.24) is 9.88 Å². The van der Waals surface area contributed by atoms with E-state index < -0.39 is 0 Å². The first-order valence-electron chi connectivity index (χ1n) is 6.53. The maximum Gasteiger partial charge on any atom is 0.228 e. The smallest absolute Gasteiger partial charge is 0.228 e. The van der Waals surface area contributed by atoms with E-state index in [2.05, 4.69) is 11.9 Å². The van der Waals surface area contributed by atoms with Crippen LogP contribution in [0, 0.1) is 5.92 Å². The van der Waals surface area contributed by atoms with Gasteiger partial charge in [0.05, 0.1) is 12.1 Å². The van der Waals surface area contributed by atoms with Crippen LogP contribution in [0.2, 0.25) is 0 Å². The second-order valence-corrected chi connectivity index (χ2v) is 6.08. The van der Waals surface area contributed by atoms with E-state index in [9.17, 15) is 4.79 Å². The zero-order valence-electron chi connectivity index (χ0n) is 11.1. The van der Waals surface area contributed by atoms with Crippen LogP contribution in [0.4, 0.5) is 5.13 Å². The summed E-state index contributed by atoms with van der Waals surface area (Å²) < 4.78 is 0. The number of hydrogen-bond acceptors (Lipinski definition) is 4. The third kappa shape index (κ3) is 3.02. The van der Waals surface area contributed by atoms with Gasteiger partial charge < -0.3 is 10.6 Å². The van der Waals surface area contributed by atoms with Gasteiger partial charge in [-0.25, -0.2) is 4.98 Å². The SMILES string of the molecule is CC1CCCCC1N(C)C(=O)Cc1csc(N)n1. The van der Waals surface area contributed by atoms with Crippen molar-refractivity contribution in [2.24, 2.45) is 5.92 Å². The Bertz CT molecular complexity index is 418. The number of nitrogen functional groups attached to an aromatic ring is 1. The number of aromatic nitrogens is 1. The lowest BCUT2D eigenvalue weighted by Gasteiger charge is -2.36. The molecule has 0 aromatic carbocycles. The molecule has 0 radical (unpaired) electrons. The zero-order chi connectivity index (χ0) is 13.1. The molecule has 18 heavy (non-hydrogen) atoms. The molecule has 1 aromatic heterocycles. The van der Waals surface area contributed by atoms with E-state index in [1.54, 1.807) is 0 Å². The molecule has 2 rings (SSSR count). The Morgan fingerprint density at radius 3 is 2.89 bits per heavy atom. The first-order valence-corrected chi connectivity index (χ1v) is 7.41. The molecule has 4 nitrogen and oxygen atoms in total. The maximum atomic E-state index is 12.2. The predicted molar refractivity (Wildman–Crippen MR) is 74.4 cm³/mol. The first kappa shape index (κ1) is 13.3. The van der Waals surface area contributed by atoms with Crippen molar-refractivity contribution in [1.29, 1.82) is 0 Å². The van der Waals surface area contributed by atoms with E-state index in [-0.39, 0.29) is 5.91 Å². The van der Waals surface area contributed by atoms with E-state index in [0.29, 0.717) is 23.5 Å². The van der Waals surface area contributed by atoms with Crippen molar-refractivity contribution in [3.8, 4) is 0 Å². The van der Waals surface area contributed by atoms with Crippen molar-refractivity contribution >= 4 is 22.4 Å². The van der Waals surface area contributed by atoms with Gasteiger partial charge in [-0.3, -0.25) is 4.79 Å². The molecule has 1 aliphatic rings. The van der Waals surface area contributed by atoms with Gasteiger partial charge in [-0.15, -0.1) is 11.3 Å². The lowest BCUT2D eigenvalue weighted by atomic mass is 9.85. The third-order valence-electron chi connectivity index (χ3n) is 3.86. The highest BCUT2D eigenvalue weighted by Gasteiger charge is 2.27. The van der Waals surface area contributed by atoms with E-state index in [0.717, 1.165) is 12.1 Å².